The van der Waals surface area contributed by atoms with E-state index in [0.717, 1.165) is 48.4 Å². The van der Waals surface area contributed by atoms with Gasteiger partial charge in [-0.2, -0.15) is 0 Å². The van der Waals surface area contributed by atoms with Gasteiger partial charge >= 0.3 is 0 Å². The molecule has 0 unspecified atom stereocenters. The van der Waals surface area contributed by atoms with Crippen molar-refractivity contribution < 1.29 is 9.59 Å². The quantitative estimate of drug-likeness (QED) is 0.800. The number of carbonyl (C=O) groups excluding carboxylic acids is 2. The average Bonchev–Trinajstić information content (AvgIpc) is 2.68. The van der Waals surface area contributed by atoms with Crippen molar-refractivity contribution in [3.63, 3.8) is 0 Å². The molecule has 2 aromatic rings. The van der Waals surface area contributed by atoms with Crippen LogP contribution in [0.4, 0.5) is 11.4 Å². The van der Waals surface area contributed by atoms with E-state index in [-0.39, 0.29) is 17.7 Å². The van der Waals surface area contributed by atoms with Crippen LogP contribution in [0.25, 0.3) is 0 Å². The van der Waals surface area contributed by atoms with Crippen LogP contribution >= 0.6 is 0 Å². The number of aryl methyl sites for hydroxylation is 4. The lowest BCUT2D eigenvalue weighted by Gasteiger charge is -2.30. The highest BCUT2D eigenvalue weighted by Crippen LogP contribution is 2.22. The van der Waals surface area contributed by atoms with Crippen LogP contribution < -0.4 is 10.6 Å². The van der Waals surface area contributed by atoms with Gasteiger partial charge in [0.2, 0.25) is 11.8 Å². The Balaban J connectivity index is 1.47. The molecule has 1 heterocycles. The summed E-state index contributed by atoms with van der Waals surface area (Å²) in [4.78, 5) is 27.1. The van der Waals surface area contributed by atoms with E-state index in [1.54, 1.807) is 0 Å². The molecule has 0 radical (unpaired) electrons. The second-order valence-corrected chi connectivity index (χ2v) is 8.21. The number of benzene rings is 2. The minimum atomic E-state index is -0.00783. The summed E-state index contributed by atoms with van der Waals surface area (Å²) in [5.74, 6) is 0.0680. The Morgan fingerprint density at radius 1 is 0.897 bits per heavy atom. The molecule has 0 spiro atoms. The van der Waals surface area contributed by atoms with Crippen molar-refractivity contribution in [2.45, 2.75) is 40.5 Å². The highest BCUT2D eigenvalue weighted by atomic mass is 16.2. The number of hydrogen-bond donors (Lipinski definition) is 2. The number of piperidine rings is 1. The third-order valence-electron chi connectivity index (χ3n) is 5.77. The van der Waals surface area contributed by atoms with Crippen molar-refractivity contribution in [1.82, 2.24) is 4.90 Å². The van der Waals surface area contributed by atoms with Crippen molar-refractivity contribution in [2.24, 2.45) is 5.92 Å². The molecule has 1 fully saturated rings. The second kappa shape index (κ2) is 9.23. The summed E-state index contributed by atoms with van der Waals surface area (Å²) in [5, 5.41) is 6.06. The van der Waals surface area contributed by atoms with E-state index in [0.29, 0.717) is 6.54 Å². The van der Waals surface area contributed by atoms with E-state index in [2.05, 4.69) is 22.5 Å². The summed E-state index contributed by atoms with van der Waals surface area (Å²) in [5.41, 5.74) is 6.31. The molecular formula is C24H31N3O2. The Labute approximate surface area is 173 Å². The lowest BCUT2D eigenvalue weighted by molar-refractivity contribution is -0.121. The highest BCUT2D eigenvalue weighted by Gasteiger charge is 2.26. The third-order valence-corrected chi connectivity index (χ3v) is 5.77. The number of hydrogen-bond acceptors (Lipinski definition) is 3. The molecule has 154 valence electrons. The summed E-state index contributed by atoms with van der Waals surface area (Å²) in [6.07, 6.45) is 1.54. The smallest absolute Gasteiger partial charge is 0.238 e. The highest BCUT2D eigenvalue weighted by molar-refractivity contribution is 5.94. The fourth-order valence-corrected chi connectivity index (χ4v) is 3.68. The van der Waals surface area contributed by atoms with Crippen molar-refractivity contribution >= 4 is 23.2 Å². The Morgan fingerprint density at radius 3 is 2.28 bits per heavy atom. The molecule has 2 N–H and O–H groups in total. The standard InChI is InChI=1S/C24H31N3O2/c1-16-5-6-18(3)22(13-16)26-24(29)20-9-11-27(12-10-20)15-23(28)25-21-8-7-17(2)19(4)14-21/h5-8,13-14,20H,9-12,15H2,1-4H3,(H,25,28)(H,26,29). The molecule has 0 saturated carbocycles. The molecule has 0 aromatic heterocycles. The van der Waals surface area contributed by atoms with Crippen molar-refractivity contribution in [1.29, 1.82) is 0 Å². The summed E-state index contributed by atoms with van der Waals surface area (Å²) >= 11 is 0. The monoisotopic (exact) mass is 393 g/mol. The SMILES string of the molecule is Cc1ccc(C)c(NC(=O)C2CCN(CC(=O)Nc3ccc(C)c(C)c3)CC2)c1. The van der Waals surface area contributed by atoms with Gasteiger partial charge < -0.3 is 10.6 Å². The van der Waals surface area contributed by atoms with Crippen LogP contribution in [-0.4, -0.2) is 36.3 Å². The first-order chi connectivity index (χ1) is 13.8. The molecule has 5 heteroatoms. The van der Waals surface area contributed by atoms with Crippen molar-refractivity contribution in [3.05, 3.63) is 58.7 Å². The van der Waals surface area contributed by atoms with E-state index < -0.39 is 0 Å². The lowest BCUT2D eigenvalue weighted by Crippen LogP contribution is -2.41. The van der Waals surface area contributed by atoms with Crippen LogP contribution in [0.3, 0.4) is 0 Å². The van der Waals surface area contributed by atoms with Crippen LogP contribution in [0.2, 0.25) is 0 Å². The van der Waals surface area contributed by atoms with Gasteiger partial charge in [0.15, 0.2) is 0 Å². The van der Waals surface area contributed by atoms with Gasteiger partial charge in [0.05, 0.1) is 6.54 Å². The lowest BCUT2D eigenvalue weighted by atomic mass is 9.95. The van der Waals surface area contributed by atoms with Gasteiger partial charge in [-0.1, -0.05) is 18.2 Å². The first-order valence-corrected chi connectivity index (χ1v) is 10.3. The van der Waals surface area contributed by atoms with E-state index in [1.807, 2.05) is 57.2 Å². The predicted octanol–water partition coefficient (Wildman–Crippen LogP) is 4.21. The number of likely N-dealkylation sites (tertiary alicyclic amines) is 1. The number of anilines is 2. The molecule has 1 saturated heterocycles. The zero-order chi connectivity index (χ0) is 21.0. The summed E-state index contributed by atoms with van der Waals surface area (Å²) in [6.45, 7) is 10.00. The van der Waals surface area contributed by atoms with Crippen LogP contribution in [0.15, 0.2) is 36.4 Å². The van der Waals surface area contributed by atoms with Crippen LogP contribution in [0.1, 0.15) is 35.1 Å². The molecule has 5 nitrogen and oxygen atoms in total. The Bertz CT molecular complexity index is 899. The molecule has 0 aliphatic carbocycles. The van der Waals surface area contributed by atoms with Crippen LogP contribution in [0, 0.1) is 33.6 Å². The van der Waals surface area contributed by atoms with E-state index in [4.69, 9.17) is 0 Å². The molecule has 1 aliphatic rings. The Kier molecular flexibility index (Phi) is 6.70. The molecule has 1 aliphatic heterocycles. The summed E-state index contributed by atoms with van der Waals surface area (Å²) in [6, 6.07) is 12.0. The second-order valence-electron chi connectivity index (χ2n) is 8.21. The largest absolute Gasteiger partial charge is 0.326 e. The summed E-state index contributed by atoms with van der Waals surface area (Å²) < 4.78 is 0. The van der Waals surface area contributed by atoms with Gasteiger partial charge in [-0.15, -0.1) is 0 Å². The average molecular weight is 394 g/mol. The zero-order valence-corrected chi connectivity index (χ0v) is 17.8. The van der Waals surface area contributed by atoms with Gasteiger partial charge in [0.25, 0.3) is 0 Å². The minimum absolute atomic E-state index is 0.00558. The molecular weight excluding hydrogens is 362 g/mol. The fourth-order valence-electron chi connectivity index (χ4n) is 3.68. The first kappa shape index (κ1) is 21.1. The number of carbonyl (C=O) groups is 2. The van der Waals surface area contributed by atoms with Crippen LogP contribution in [0.5, 0.6) is 0 Å². The van der Waals surface area contributed by atoms with Crippen molar-refractivity contribution in [3.8, 4) is 0 Å². The zero-order valence-electron chi connectivity index (χ0n) is 17.8. The molecule has 2 aromatic carbocycles. The maximum atomic E-state index is 12.7. The number of rotatable bonds is 5. The van der Waals surface area contributed by atoms with Gasteiger partial charge in [-0.3, -0.25) is 14.5 Å². The van der Waals surface area contributed by atoms with Crippen molar-refractivity contribution in [2.75, 3.05) is 30.3 Å². The fraction of sp³-hybridized carbons (Fsp3) is 0.417. The van der Waals surface area contributed by atoms with E-state index >= 15 is 0 Å². The first-order valence-electron chi connectivity index (χ1n) is 10.3. The van der Waals surface area contributed by atoms with Gasteiger partial charge in [0.1, 0.15) is 0 Å². The number of nitrogens with zero attached hydrogens (tertiary/aromatic N) is 1. The van der Waals surface area contributed by atoms with E-state index in [1.165, 1.54) is 11.1 Å². The molecule has 3 rings (SSSR count). The topological polar surface area (TPSA) is 61.4 Å². The van der Waals surface area contributed by atoms with Gasteiger partial charge in [0, 0.05) is 17.3 Å². The maximum absolute atomic E-state index is 12.7. The van der Waals surface area contributed by atoms with Gasteiger partial charge in [-0.25, -0.2) is 0 Å². The minimum Gasteiger partial charge on any atom is -0.326 e. The Morgan fingerprint density at radius 2 is 1.59 bits per heavy atom. The van der Waals surface area contributed by atoms with Gasteiger partial charge in [-0.05, 0) is 94.1 Å². The number of amides is 2. The predicted molar refractivity (Wildman–Crippen MR) is 118 cm³/mol. The molecule has 2 amide bonds. The molecule has 0 atom stereocenters. The normalized spacial score (nSPS) is 15.2. The third kappa shape index (κ3) is 5.67. The summed E-state index contributed by atoms with van der Waals surface area (Å²) in [7, 11) is 0. The molecule has 29 heavy (non-hydrogen) atoms. The maximum Gasteiger partial charge on any atom is 0.238 e. The van der Waals surface area contributed by atoms with Crippen LogP contribution in [-0.2, 0) is 9.59 Å². The molecule has 0 bridgehead atoms. The van der Waals surface area contributed by atoms with E-state index in [9.17, 15) is 9.59 Å². The number of nitrogens with one attached hydrogen (secondary N) is 2. The Hall–Kier alpha value is -2.66.